The van der Waals surface area contributed by atoms with Gasteiger partial charge in [-0.2, -0.15) is 0 Å². The number of carbonyl (C=O) groups excluding carboxylic acids is 3. The lowest BCUT2D eigenvalue weighted by atomic mass is 9.89. The van der Waals surface area contributed by atoms with E-state index in [9.17, 15) is 24.6 Å². The fraction of sp³-hybridized carbons (Fsp3) is 0.115. The molecule has 2 aliphatic rings. The second-order valence-corrected chi connectivity index (χ2v) is 7.76. The van der Waals surface area contributed by atoms with Crippen LogP contribution in [0.2, 0.25) is 0 Å². The summed E-state index contributed by atoms with van der Waals surface area (Å²) in [4.78, 5) is 41.0. The van der Waals surface area contributed by atoms with Crippen molar-refractivity contribution in [3.8, 4) is 17.2 Å². The molecule has 1 heterocycles. The summed E-state index contributed by atoms with van der Waals surface area (Å²) in [6, 6.07) is 15.9. The normalized spacial score (nSPS) is 14.6. The van der Waals surface area contributed by atoms with E-state index in [1.54, 1.807) is 42.2 Å². The Morgan fingerprint density at radius 3 is 2.32 bits per heavy atom. The van der Waals surface area contributed by atoms with Crippen molar-refractivity contribution in [2.24, 2.45) is 0 Å². The number of phenolic OH excluding ortho intramolecular Hbond substituents is 2. The van der Waals surface area contributed by atoms with Gasteiger partial charge in [0, 0.05) is 11.3 Å². The van der Waals surface area contributed by atoms with Crippen molar-refractivity contribution in [1.82, 2.24) is 0 Å². The first-order valence-electron chi connectivity index (χ1n) is 10.6. The van der Waals surface area contributed by atoms with Gasteiger partial charge in [0.15, 0.2) is 0 Å². The zero-order valence-corrected chi connectivity index (χ0v) is 18.1. The van der Waals surface area contributed by atoms with E-state index in [1.807, 2.05) is 6.07 Å². The third-order valence-electron chi connectivity index (χ3n) is 5.70. The minimum atomic E-state index is -0.735. The smallest absolute Gasteiger partial charge is 0.338 e. The van der Waals surface area contributed by atoms with Crippen LogP contribution in [0, 0.1) is 0 Å². The van der Waals surface area contributed by atoms with Crippen LogP contribution in [0.25, 0.3) is 0 Å². The lowest BCUT2D eigenvalue weighted by Crippen LogP contribution is -2.34. The van der Waals surface area contributed by atoms with Crippen molar-refractivity contribution in [3.05, 3.63) is 94.4 Å². The number of hydrogen-bond acceptors (Lipinski definition) is 8. The van der Waals surface area contributed by atoms with Crippen molar-refractivity contribution >= 4 is 23.2 Å². The predicted octanol–water partition coefficient (Wildman–Crippen LogP) is 3.96. The van der Waals surface area contributed by atoms with Crippen molar-refractivity contribution in [3.63, 3.8) is 0 Å². The Hall–Kier alpha value is -4.59. The molecule has 2 N–H and O–H groups in total. The molecule has 34 heavy (non-hydrogen) atoms. The number of allylic oxidation sites excluding steroid dienone is 2. The van der Waals surface area contributed by atoms with E-state index in [-0.39, 0.29) is 41.5 Å². The van der Waals surface area contributed by atoms with Gasteiger partial charge in [0.2, 0.25) is 17.3 Å². The number of rotatable bonds is 3. The lowest BCUT2D eigenvalue weighted by molar-refractivity contribution is 0.0526. The van der Waals surface area contributed by atoms with Gasteiger partial charge in [-0.3, -0.25) is 9.59 Å². The van der Waals surface area contributed by atoms with E-state index < -0.39 is 29.0 Å². The van der Waals surface area contributed by atoms with E-state index in [0.29, 0.717) is 16.8 Å². The average molecular weight is 457 g/mol. The van der Waals surface area contributed by atoms with Gasteiger partial charge in [-0.05, 0) is 49.4 Å². The summed E-state index contributed by atoms with van der Waals surface area (Å²) in [5.74, 6) is -2.76. The number of hydrogen-bond donors (Lipinski definition) is 2. The third-order valence-corrected chi connectivity index (χ3v) is 5.70. The zero-order chi connectivity index (χ0) is 24.0. The molecule has 1 aliphatic heterocycles. The highest BCUT2D eigenvalue weighted by Crippen LogP contribution is 2.42. The van der Waals surface area contributed by atoms with Crippen LogP contribution in [0.4, 0.5) is 5.69 Å². The number of anilines is 1. The molecule has 0 spiro atoms. The number of Topliss-reactive ketones (excluding diaryl/α,β-unsaturated/α-hetero) is 2. The Balaban J connectivity index is 1.72. The van der Waals surface area contributed by atoms with Crippen LogP contribution < -0.4 is 9.64 Å². The molecule has 1 aliphatic carbocycles. The molecule has 5 rings (SSSR count). The van der Waals surface area contributed by atoms with E-state index >= 15 is 0 Å². The fourth-order valence-corrected chi connectivity index (χ4v) is 4.15. The number of esters is 1. The number of benzene rings is 3. The van der Waals surface area contributed by atoms with Crippen LogP contribution in [0.15, 0.2) is 72.1 Å². The molecule has 0 saturated carbocycles. The standard InChI is InChI=1S/C26H19NO7/c1-2-33-26(32)14-8-11-19-15(12-14)13-27(16-6-4-3-5-7-16)22-23(30)20-17(28)9-10-18(29)21(20)24(31)25(22)34-19/h3-12,28-29H,2,13H2,1H3. The molecule has 0 atom stereocenters. The summed E-state index contributed by atoms with van der Waals surface area (Å²) < 4.78 is 11.1. The van der Waals surface area contributed by atoms with Crippen LogP contribution in [-0.2, 0) is 11.3 Å². The van der Waals surface area contributed by atoms with Gasteiger partial charge >= 0.3 is 5.97 Å². The molecule has 3 aromatic carbocycles. The van der Waals surface area contributed by atoms with E-state index in [4.69, 9.17) is 9.47 Å². The Labute approximate surface area is 194 Å². The molecule has 0 radical (unpaired) electrons. The van der Waals surface area contributed by atoms with Gasteiger partial charge in [0.05, 0.1) is 29.8 Å². The van der Waals surface area contributed by atoms with Gasteiger partial charge in [0.1, 0.15) is 22.9 Å². The Kier molecular flexibility index (Phi) is 5.05. The molecular weight excluding hydrogens is 438 g/mol. The van der Waals surface area contributed by atoms with E-state index in [0.717, 1.165) is 12.1 Å². The SMILES string of the molecule is CCOC(=O)c1ccc2c(c1)CN(c1ccccc1)C1=C(O2)C(=O)c2c(O)ccc(O)c2C1=O. The molecule has 0 aromatic heterocycles. The second-order valence-electron chi connectivity index (χ2n) is 7.76. The summed E-state index contributed by atoms with van der Waals surface area (Å²) >= 11 is 0. The topological polar surface area (TPSA) is 113 Å². The average Bonchev–Trinajstić information content (AvgIpc) is 3.01. The highest BCUT2D eigenvalue weighted by molar-refractivity contribution is 6.29. The number of aromatic hydroxyl groups is 2. The molecule has 0 saturated heterocycles. The molecular formula is C26H19NO7. The molecule has 0 bridgehead atoms. The Morgan fingerprint density at radius 1 is 0.971 bits per heavy atom. The van der Waals surface area contributed by atoms with Gasteiger partial charge in [-0.25, -0.2) is 4.79 Å². The minimum absolute atomic E-state index is 0.0708. The van der Waals surface area contributed by atoms with E-state index in [1.165, 1.54) is 12.1 Å². The highest BCUT2D eigenvalue weighted by atomic mass is 16.5. The number of para-hydroxylation sites is 1. The molecule has 8 heteroatoms. The van der Waals surface area contributed by atoms with Crippen LogP contribution >= 0.6 is 0 Å². The summed E-state index contributed by atoms with van der Waals surface area (Å²) in [5.41, 5.74) is 0.765. The summed E-state index contributed by atoms with van der Waals surface area (Å²) in [7, 11) is 0. The van der Waals surface area contributed by atoms with Gasteiger partial charge in [-0.1, -0.05) is 18.2 Å². The third kappa shape index (κ3) is 3.27. The predicted molar refractivity (Wildman–Crippen MR) is 121 cm³/mol. The van der Waals surface area contributed by atoms with Gasteiger partial charge < -0.3 is 24.6 Å². The molecule has 170 valence electrons. The van der Waals surface area contributed by atoms with Crippen molar-refractivity contribution < 1.29 is 34.1 Å². The first-order valence-corrected chi connectivity index (χ1v) is 10.6. The number of phenols is 2. The lowest BCUT2D eigenvalue weighted by Gasteiger charge is -2.29. The number of nitrogens with zero attached hydrogens (tertiary/aromatic N) is 1. The summed E-state index contributed by atoms with van der Waals surface area (Å²) in [6.45, 7) is 2.02. The van der Waals surface area contributed by atoms with Gasteiger partial charge in [0.25, 0.3) is 0 Å². The molecule has 0 unspecified atom stereocenters. The number of ketones is 2. The highest BCUT2D eigenvalue weighted by Gasteiger charge is 2.42. The molecule has 3 aromatic rings. The number of ether oxygens (including phenoxy) is 2. The fourth-order valence-electron chi connectivity index (χ4n) is 4.15. The van der Waals surface area contributed by atoms with E-state index in [2.05, 4.69) is 0 Å². The quantitative estimate of drug-likeness (QED) is 0.449. The zero-order valence-electron chi connectivity index (χ0n) is 18.1. The Morgan fingerprint density at radius 2 is 1.65 bits per heavy atom. The Bertz CT molecular complexity index is 1390. The molecule has 0 fully saturated rings. The maximum Gasteiger partial charge on any atom is 0.338 e. The van der Waals surface area contributed by atoms with Crippen LogP contribution in [-0.4, -0.2) is 34.4 Å². The number of carbonyl (C=O) groups is 3. The first-order chi connectivity index (χ1) is 16.4. The molecule has 0 amide bonds. The second kappa shape index (κ2) is 8.08. The van der Waals surface area contributed by atoms with Crippen molar-refractivity contribution in [2.75, 3.05) is 11.5 Å². The maximum atomic E-state index is 13.6. The first kappa shape index (κ1) is 21.3. The largest absolute Gasteiger partial charge is 0.507 e. The van der Waals surface area contributed by atoms with Gasteiger partial charge in [-0.15, -0.1) is 0 Å². The monoisotopic (exact) mass is 457 g/mol. The minimum Gasteiger partial charge on any atom is -0.507 e. The summed E-state index contributed by atoms with van der Waals surface area (Å²) in [6.07, 6.45) is 0. The van der Waals surface area contributed by atoms with Crippen molar-refractivity contribution in [1.29, 1.82) is 0 Å². The van der Waals surface area contributed by atoms with Crippen molar-refractivity contribution in [2.45, 2.75) is 13.5 Å². The van der Waals surface area contributed by atoms with Crippen LogP contribution in [0.5, 0.6) is 17.2 Å². The van der Waals surface area contributed by atoms with Crippen LogP contribution in [0.1, 0.15) is 43.6 Å². The molecule has 8 nitrogen and oxygen atoms in total. The number of fused-ring (bicyclic) bond motifs is 2. The summed E-state index contributed by atoms with van der Waals surface area (Å²) in [5, 5.41) is 20.7. The van der Waals surface area contributed by atoms with Crippen LogP contribution in [0.3, 0.4) is 0 Å². The maximum absolute atomic E-state index is 13.6.